The van der Waals surface area contributed by atoms with Crippen LogP contribution in [-0.2, 0) is 6.54 Å². The van der Waals surface area contributed by atoms with Gasteiger partial charge in [-0.05, 0) is 30.9 Å². The lowest BCUT2D eigenvalue weighted by Crippen LogP contribution is -2.19. The molecule has 3 nitrogen and oxygen atoms in total. The van der Waals surface area contributed by atoms with Crippen molar-refractivity contribution >= 4 is 0 Å². The first-order chi connectivity index (χ1) is 9.69. The van der Waals surface area contributed by atoms with Crippen LogP contribution in [0.25, 0.3) is 0 Å². The number of hydrogen-bond donors (Lipinski definition) is 1. The third-order valence-corrected chi connectivity index (χ3v) is 3.62. The molecule has 1 fully saturated rings. The zero-order valence-corrected chi connectivity index (χ0v) is 12.9. The van der Waals surface area contributed by atoms with E-state index in [-0.39, 0.29) is 0 Å². The van der Waals surface area contributed by atoms with Gasteiger partial charge in [-0.25, -0.2) is 0 Å². The molecule has 0 unspecified atom stereocenters. The third-order valence-electron chi connectivity index (χ3n) is 3.62. The van der Waals surface area contributed by atoms with Crippen LogP contribution in [0.4, 0.5) is 0 Å². The molecule has 0 aliphatic heterocycles. The van der Waals surface area contributed by atoms with Crippen LogP contribution >= 0.6 is 0 Å². The van der Waals surface area contributed by atoms with Gasteiger partial charge in [0.15, 0.2) is 0 Å². The second kappa shape index (κ2) is 7.53. The Hall–Kier alpha value is -1.22. The smallest absolute Gasteiger partial charge is 0.127 e. The summed E-state index contributed by atoms with van der Waals surface area (Å²) in [7, 11) is 1.69. The zero-order chi connectivity index (χ0) is 14.4. The van der Waals surface area contributed by atoms with Crippen molar-refractivity contribution in [2.75, 3.05) is 20.3 Å². The molecule has 1 aromatic carbocycles. The van der Waals surface area contributed by atoms with Crippen LogP contribution in [0.5, 0.6) is 11.5 Å². The van der Waals surface area contributed by atoms with E-state index in [2.05, 4.69) is 25.2 Å². The largest absolute Gasteiger partial charge is 0.497 e. The lowest BCUT2D eigenvalue weighted by atomic mass is 10.1. The van der Waals surface area contributed by atoms with E-state index in [0.29, 0.717) is 5.92 Å². The summed E-state index contributed by atoms with van der Waals surface area (Å²) in [6.45, 7) is 7.12. The van der Waals surface area contributed by atoms with Crippen molar-refractivity contribution in [1.82, 2.24) is 5.32 Å². The second-order valence-corrected chi connectivity index (χ2v) is 6.08. The number of benzene rings is 1. The van der Waals surface area contributed by atoms with Crippen LogP contribution in [0.2, 0.25) is 0 Å². The Morgan fingerprint density at radius 3 is 2.75 bits per heavy atom. The monoisotopic (exact) mass is 277 g/mol. The Labute approximate surface area is 122 Å². The molecule has 0 aromatic heterocycles. The summed E-state index contributed by atoms with van der Waals surface area (Å²) in [5, 5.41) is 3.47. The van der Waals surface area contributed by atoms with Crippen LogP contribution < -0.4 is 14.8 Å². The van der Waals surface area contributed by atoms with Gasteiger partial charge in [0.25, 0.3) is 0 Å². The van der Waals surface area contributed by atoms with Crippen LogP contribution in [-0.4, -0.2) is 20.3 Å². The maximum Gasteiger partial charge on any atom is 0.127 e. The minimum absolute atomic E-state index is 0.660. The maximum atomic E-state index is 5.97. The molecule has 20 heavy (non-hydrogen) atoms. The summed E-state index contributed by atoms with van der Waals surface area (Å²) < 4.78 is 11.3. The van der Waals surface area contributed by atoms with Crippen molar-refractivity contribution < 1.29 is 9.47 Å². The highest BCUT2D eigenvalue weighted by Gasteiger charge is 2.20. The lowest BCUT2D eigenvalue weighted by molar-refractivity contribution is 0.296. The van der Waals surface area contributed by atoms with Gasteiger partial charge in [0.1, 0.15) is 11.5 Å². The van der Waals surface area contributed by atoms with Gasteiger partial charge < -0.3 is 14.8 Å². The van der Waals surface area contributed by atoms with Crippen molar-refractivity contribution in [3.63, 3.8) is 0 Å². The van der Waals surface area contributed by atoms with Crippen LogP contribution in [0.1, 0.15) is 38.7 Å². The van der Waals surface area contributed by atoms with Gasteiger partial charge in [0.2, 0.25) is 0 Å². The number of ether oxygens (including phenoxy) is 2. The number of methoxy groups -OCH3 is 1. The summed E-state index contributed by atoms with van der Waals surface area (Å²) >= 11 is 0. The van der Waals surface area contributed by atoms with E-state index < -0.39 is 0 Å². The van der Waals surface area contributed by atoms with Crippen LogP contribution in [0.15, 0.2) is 18.2 Å². The van der Waals surface area contributed by atoms with Crippen molar-refractivity contribution in [1.29, 1.82) is 0 Å². The molecule has 0 bridgehead atoms. The van der Waals surface area contributed by atoms with Crippen molar-refractivity contribution in [3.8, 4) is 11.5 Å². The summed E-state index contributed by atoms with van der Waals surface area (Å²) in [5.74, 6) is 3.39. The van der Waals surface area contributed by atoms with Crippen LogP contribution in [0, 0.1) is 11.8 Å². The SMILES string of the molecule is COc1ccc(CNCC(C)C)c(OCCC2CC2)c1. The molecule has 0 saturated heterocycles. The summed E-state index contributed by atoms with van der Waals surface area (Å²) in [6.07, 6.45) is 3.94. The topological polar surface area (TPSA) is 30.5 Å². The van der Waals surface area contributed by atoms with Crippen molar-refractivity contribution in [3.05, 3.63) is 23.8 Å². The lowest BCUT2D eigenvalue weighted by Gasteiger charge is -2.14. The molecule has 2 rings (SSSR count). The first-order valence-corrected chi connectivity index (χ1v) is 7.69. The fraction of sp³-hybridized carbons (Fsp3) is 0.647. The Bertz CT molecular complexity index is 413. The molecule has 1 aromatic rings. The van der Waals surface area contributed by atoms with Crippen molar-refractivity contribution in [2.24, 2.45) is 11.8 Å². The fourth-order valence-corrected chi connectivity index (χ4v) is 2.18. The van der Waals surface area contributed by atoms with Gasteiger partial charge >= 0.3 is 0 Å². The first kappa shape index (κ1) is 15.2. The zero-order valence-electron chi connectivity index (χ0n) is 12.9. The Balaban J connectivity index is 1.92. The minimum atomic E-state index is 0.660. The molecule has 1 saturated carbocycles. The highest BCUT2D eigenvalue weighted by atomic mass is 16.5. The van der Waals surface area contributed by atoms with Gasteiger partial charge in [-0.15, -0.1) is 0 Å². The van der Waals surface area contributed by atoms with Gasteiger partial charge in [0, 0.05) is 18.2 Å². The molecular weight excluding hydrogens is 250 g/mol. The summed E-state index contributed by atoms with van der Waals surface area (Å²) in [6, 6.07) is 6.10. The van der Waals surface area contributed by atoms with E-state index >= 15 is 0 Å². The Kier molecular flexibility index (Phi) is 5.72. The van der Waals surface area contributed by atoms with E-state index in [0.717, 1.165) is 37.1 Å². The summed E-state index contributed by atoms with van der Waals surface area (Å²) in [5.41, 5.74) is 1.21. The standard InChI is InChI=1S/C17H27NO2/c1-13(2)11-18-12-15-6-7-16(19-3)10-17(15)20-9-8-14-4-5-14/h6-7,10,13-14,18H,4-5,8-9,11-12H2,1-3H3. The van der Waals surface area contributed by atoms with E-state index in [4.69, 9.17) is 9.47 Å². The molecule has 1 N–H and O–H groups in total. The molecule has 0 amide bonds. The molecule has 0 spiro atoms. The Morgan fingerprint density at radius 2 is 2.10 bits per heavy atom. The highest BCUT2D eigenvalue weighted by molar-refractivity contribution is 5.40. The van der Waals surface area contributed by atoms with Crippen molar-refractivity contribution in [2.45, 2.75) is 39.7 Å². The second-order valence-electron chi connectivity index (χ2n) is 6.08. The summed E-state index contributed by atoms with van der Waals surface area (Å²) in [4.78, 5) is 0. The van der Waals surface area contributed by atoms with Gasteiger partial charge in [-0.1, -0.05) is 32.8 Å². The average Bonchev–Trinajstić information content (AvgIpc) is 3.24. The predicted octanol–water partition coefficient (Wildman–Crippen LogP) is 3.62. The minimum Gasteiger partial charge on any atom is -0.497 e. The predicted molar refractivity (Wildman–Crippen MR) is 82.4 cm³/mol. The number of rotatable bonds is 9. The molecule has 112 valence electrons. The van der Waals surface area contributed by atoms with E-state index in [1.165, 1.54) is 24.8 Å². The average molecular weight is 277 g/mol. The van der Waals surface area contributed by atoms with E-state index in [1.807, 2.05) is 12.1 Å². The molecule has 1 aliphatic rings. The normalized spacial score (nSPS) is 14.6. The number of hydrogen-bond acceptors (Lipinski definition) is 3. The number of nitrogens with one attached hydrogen (secondary N) is 1. The molecule has 3 heteroatoms. The van der Waals surface area contributed by atoms with Crippen LogP contribution in [0.3, 0.4) is 0 Å². The molecule has 0 heterocycles. The third kappa shape index (κ3) is 5.04. The van der Waals surface area contributed by atoms with Gasteiger partial charge in [-0.3, -0.25) is 0 Å². The fourth-order valence-electron chi connectivity index (χ4n) is 2.18. The van der Waals surface area contributed by atoms with Gasteiger partial charge in [0.05, 0.1) is 13.7 Å². The first-order valence-electron chi connectivity index (χ1n) is 7.69. The molecule has 1 aliphatic carbocycles. The highest BCUT2D eigenvalue weighted by Crippen LogP contribution is 2.33. The maximum absolute atomic E-state index is 5.97. The van der Waals surface area contributed by atoms with E-state index in [9.17, 15) is 0 Å². The molecule has 0 radical (unpaired) electrons. The molecule has 0 atom stereocenters. The Morgan fingerprint density at radius 1 is 1.30 bits per heavy atom. The quantitative estimate of drug-likeness (QED) is 0.748. The van der Waals surface area contributed by atoms with E-state index in [1.54, 1.807) is 7.11 Å². The van der Waals surface area contributed by atoms with Gasteiger partial charge in [-0.2, -0.15) is 0 Å². The molecular formula is C17H27NO2.